The molecule has 0 saturated carbocycles. The number of carbonyl (C=O) groups excluding carboxylic acids is 2. The smallest absolute Gasteiger partial charge is 0.341 e. The van der Waals surface area contributed by atoms with E-state index in [0.717, 1.165) is 14.2 Å². The van der Waals surface area contributed by atoms with E-state index in [4.69, 9.17) is 9.47 Å². The zero-order valence-electron chi connectivity index (χ0n) is 14.1. The van der Waals surface area contributed by atoms with Gasteiger partial charge in [0.1, 0.15) is 11.6 Å². The topological polar surface area (TPSA) is 132 Å². The highest BCUT2D eigenvalue weighted by molar-refractivity contribution is 6.07. The number of benzene rings is 1. The van der Waals surface area contributed by atoms with Gasteiger partial charge in [0.2, 0.25) is 0 Å². The quantitative estimate of drug-likeness (QED) is 0.464. The number of hydrogen-bond donors (Lipinski definition) is 0. The van der Waals surface area contributed by atoms with E-state index < -0.39 is 16.9 Å². The number of rotatable bonds is 4. The number of nitro benzene ring substituents is 1. The Bertz CT molecular complexity index is 962. The van der Waals surface area contributed by atoms with E-state index in [1.807, 2.05) is 0 Å². The molecule has 0 N–H and O–H groups in total. The highest BCUT2D eigenvalue weighted by Crippen LogP contribution is 2.34. The van der Waals surface area contributed by atoms with E-state index in [-0.39, 0.29) is 39.3 Å². The molecule has 1 heterocycles. The Kier molecular flexibility index (Phi) is 5.27. The molecule has 0 saturated heterocycles. The number of hydrogen-bond acceptors (Lipinski definition) is 8. The molecule has 9 heteroatoms. The van der Waals surface area contributed by atoms with Gasteiger partial charge in [-0.3, -0.25) is 10.1 Å². The Hall–Kier alpha value is -3.80. The second kappa shape index (κ2) is 7.40. The fourth-order valence-electron chi connectivity index (χ4n) is 2.50. The number of carbonyl (C=O) groups is 2. The molecule has 0 atom stereocenters. The number of pyridine rings is 1. The van der Waals surface area contributed by atoms with Gasteiger partial charge in [0.25, 0.3) is 5.69 Å². The van der Waals surface area contributed by atoms with Gasteiger partial charge in [-0.1, -0.05) is 12.1 Å². The monoisotopic (exact) mass is 355 g/mol. The van der Waals surface area contributed by atoms with Gasteiger partial charge in [-0.05, 0) is 12.5 Å². The van der Waals surface area contributed by atoms with Gasteiger partial charge in [0.15, 0.2) is 5.69 Å². The number of aryl methyl sites for hydroxylation is 1. The molecule has 0 aliphatic heterocycles. The molecule has 0 amide bonds. The van der Waals surface area contributed by atoms with Crippen LogP contribution in [0.4, 0.5) is 5.69 Å². The van der Waals surface area contributed by atoms with Crippen molar-refractivity contribution in [1.29, 1.82) is 5.26 Å². The third-order valence-corrected chi connectivity index (χ3v) is 3.61. The van der Waals surface area contributed by atoms with Crippen molar-refractivity contribution in [2.24, 2.45) is 0 Å². The van der Waals surface area contributed by atoms with Crippen LogP contribution in [-0.4, -0.2) is 36.1 Å². The number of nitriles is 1. The molecule has 0 aliphatic carbocycles. The van der Waals surface area contributed by atoms with Gasteiger partial charge in [0, 0.05) is 17.7 Å². The summed E-state index contributed by atoms with van der Waals surface area (Å²) in [5.41, 5.74) is -0.527. The van der Waals surface area contributed by atoms with Crippen molar-refractivity contribution < 1.29 is 24.0 Å². The first-order chi connectivity index (χ1) is 12.3. The number of nitrogens with zero attached hydrogens (tertiary/aromatic N) is 3. The lowest BCUT2D eigenvalue weighted by atomic mass is 9.92. The molecular weight excluding hydrogens is 342 g/mol. The molecule has 2 aromatic rings. The predicted molar refractivity (Wildman–Crippen MR) is 88.5 cm³/mol. The molecule has 0 fully saturated rings. The number of non-ortho nitro benzene ring substituents is 1. The van der Waals surface area contributed by atoms with Crippen LogP contribution in [0.15, 0.2) is 24.3 Å². The van der Waals surface area contributed by atoms with Crippen LogP contribution in [0.25, 0.3) is 11.1 Å². The summed E-state index contributed by atoms with van der Waals surface area (Å²) in [6.07, 6.45) is 0. The minimum atomic E-state index is -0.902. The van der Waals surface area contributed by atoms with Crippen molar-refractivity contribution >= 4 is 17.6 Å². The second-order valence-electron chi connectivity index (χ2n) is 5.07. The molecule has 0 radical (unpaired) electrons. The third-order valence-electron chi connectivity index (χ3n) is 3.61. The molecule has 9 nitrogen and oxygen atoms in total. The van der Waals surface area contributed by atoms with Gasteiger partial charge >= 0.3 is 11.9 Å². The van der Waals surface area contributed by atoms with E-state index in [0.29, 0.717) is 0 Å². The van der Waals surface area contributed by atoms with Crippen LogP contribution in [0, 0.1) is 28.4 Å². The number of methoxy groups -OCH3 is 2. The van der Waals surface area contributed by atoms with Crippen molar-refractivity contribution in [2.75, 3.05) is 14.2 Å². The van der Waals surface area contributed by atoms with Gasteiger partial charge in [0.05, 0.1) is 30.4 Å². The molecule has 1 aromatic heterocycles. The van der Waals surface area contributed by atoms with E-state index in [1.54, 1.807) is 6.07 Å². The molecule has 0 bridgehead atoms. The summed E-state index contributed by atoms with van der Waals surface area (Å²) >= 11 is 0. The van der Waals surface area contributed by atoms with Crippen LogP contribution >= 0.6 is 0 Å². The molecule has 1 aromatic carbocycles. The average molecular weight is 355 g/mol. The lowest BCUT2D eigenvalue weighted by molar-refractivity contribution is -0.384. The fraction of sp³-hybridized carbons (Fsp3) is 0.176. The molecule has 2 rings (SSSR count). The summed E-state index contributed by atoms with van der Waals surface area (Å²) in [7, 11) is 2.26. The van der Waals surface area contributed by atoms with Gasteiger partial charge in [-0.2, -0.15) is 5.26 Å². The van der Waals surface area contributed by atoms with E-state index in [1.165, 1.54) is 31.2 Å². The molecule has 26 heavy (non-hydrogen) atoms. The highest BCUT2D eigenvalue weighted by Gasteiger charge is 2.29. The van der Waals surface area contributed by atoms with E-state index in [2.05, 4.69) is 4.98 Å². The summed E-state index contributed by atoms with van der Waals surface area (Å²) in [4.78, 5) is 39.0. The summed E-state index contributed by atoms with van der Waals surface area (Å²) in [5.74, 6) is -1.70. The third kappa shape index (κ3) is 3.21. The lowest BCUT2D eigenvalue weighted by Gasteiger charge is -2.15. The van der Waals surface area contributed by atoms with Gasteiger partial charge < -0.3 is 9.47 Å². The summed E-state index contributed by atoms with van der Waals surface area (Å²) in [6, 6.07) is 7.11. The first-order valence-electron chi connectivity index (χ1n) is 7.21. The number of esters is 2. The first kappa shape index (κ1) is 18.5. The van der Waals surface area contributed by atoms with Crippen molar-refractivity contribution in [3.05, 3.63) is 56.9 Å². The Morgan fingerprint density at radius 1 is 1.19 bits per heavy atom. The van der Waals surface area contributed by atoms with Crippen LogP contribution in [0.5, 0.6) is 0 Å². The van der Waals surface area contributed by atoms with Crippen LogP contribution in [0.3, 0.4) is 0 Å². The number of aromatic nitrogens is 1. The van der Waals surface area contributed by atoms with Crippen molar-refractivity contribution in [2.45, 2.75) is 6.92 Å². The maximum atomic E-state index is 12.3. The maximum absolute atomic E-state index is 12.3. The average Bonchev–Trinajstić information content (AvgIpc) is 2.65. The zero-order chi connectivity index (χ0) is 19.4. The van der Waals surface area contributed by atoms with Crippen LogP contribution in [0.1, 0.15) is 32.1 Å². The van der Waals surface area contributed by atoms with Crippen molar-refractivity contribution in [1.82, 2.24) is 4.98 Å². The normalized spacial score (nSPS) is 9.92. The standard InChI is InChI=1S/C17H13N3O6/c1-9-13(16(21)25-2)14(10-5-4-6-11(7-10)20(23)24)15(17(22)26-3)12(8-18)19-9/h4-7H,1-3H3. The number of ether oxygens (including phenoxy) is 2. The van der Waals surface area contributed by atoms with Gasteiger partial charge in [-0.15, -0.1) is 0 Å². The Morgan fingerprint density at radius 3 is 2.35 bits per heavy atom. The molecular formula is C17H13N3O6. The van der Waals surface area contributed by atoms with E-state index >= 15 is 0 Å². The largest absolute Gasteiger partial charge is 0.465 e. The zero-order valence-corrected chi connectivity index (χ0v) is 14.1. The SMILES string of the molecule is COC(=O)c1c(C)nc(C#N)c(C(=O)OC)c1-c1cccc([N+](=O)[O-])c1. The van der Waals surface area contributed by atoms with E-state index in [9.17, 15) is 25.0 Å². The molecule has 0 unspecified atom stereocenters. The van der Waals surface area contributed by atoms with Gasteiger partial charge in [-0.25, -0.2) is 14.6 Å². The van der Waals surface area contributed by atoms with Crippen molar-refractivity contribution in [3.8, 4) is 17.2 Å². The predicted octanol–water partition coefficient (Wildman–Crippen LogP) is 2.41. The van der Waals surface area contributed by atoms with Crippen molar-refractivity contribution in [3.63, 3.8) is 0 Å². The Balaban J connectivity index is 3.00. The minimum Gasteiger partial charge on any atom is -0.465 e. The maximum Gasteiger partial charge on any atom is 0.341 e. The second-order valence-corrected chi connectivity index (χ2v) is 5.07. The minimum absolute atomic E-state index is 0.00329. The first-order valence-corrected chi connectivity index (χ1v) is 7.21. The molecule has 0 aliphatic rings. The van der Waals surface area contributed by atoms with Crippen LogP contribution < -0.4 is 0 Å². The molecule has 132 valence electrons. The Labute approximate surface area is 147 Å². The summed E-state index contributed by atoms with van der Waals surface area (Å²) in [5, 5.41) is 20.4. The Morgan fingerprint density at radius 2 is 1.81 bits per heavy atom. The fourth-order valence-corrected chi connectivity index (χ4v) is 2.50. The number of nitro groups is 1. The molecule has 0 spiro atoms. The summed E-state index contributed by atoms with van der Waals surface area (Å²) < 4.78 is 9.46. The van der Waals surface area contributed by atoms with Crippen LogP contribution in [-0.2, 0) is 9.47 Å². The lowest BCUT2D eigenvalue weighted by Crippen LogP contribution is -2.16. The van der Waals surface area contributed by atoms with Crippen LogP contribution in [0.2, 0.25) is 0 Å². The highest BCUT2D eigenvalue weighted by atomic mass is 16.6. The summed E-state index contributed by atoms with van der Waals surface area (Å²) in [6.45, 7) is 1.47.